The molecule has 2 nitrogen and oxygen atoms in total. The summed E-state index contributed by atoms with van der Waals surface area (Å²) in [5.41, 5.74) is 1.02. The van der Waals surface area contributed by atoms with Crippen molar-refractivity contribution in [3.63, 3.8) is 0 Å². The van der Waals surface area contributed by atoms with Crippen molar-refractivity contribution < 1.29 is 9.18 Å². The number of rotatable bonds is 4. The highest BCUT2D eigenvalue weighted by Crippen LogP contribution is 2.26. The predicted molar refractivity (Wildman–Crippen MR) is 89.9 cm³/mol. The van der Waals surface area contributed by atoms with Gasteiger partial charge in [0.15, 0.2) is 0 Å². The smallest absolute Gasteiger partial charge is 0.235 e. The molecule has 1 atom stereocenters. The van der Waals surface area contributed by atoms with E-state index in [9.17, 15) is 9.18 Å². The molecular formula is C16H21BrFNOS. The molecule has 1 aliphatic rings. The van der Waals surface area contributed by atoms with E-state index in [0.717, 1.165) is 36.0 Å². The van der Waals surface area contributed by atoms with E-state index in [1.54, 1.807) is 17.8 Å². The number of likely N-dealkylation sites (tertiary alicyclic amines) is 1. The van der Waals surface area contributed by atoms with Gasteiger partial charge in [-0.1, -0.05) is 34.8 Å². The van der Waals surface area contributed by atoms with Gasteiger partial charge in [0.2, 0.25) is 5.91 Å². The summed E-state index contributed by atoms with van der Waals surface area (Å²) in [7, 11) is 0. The Balaban J connectivity index is 1.88. The second-order valence-corrected chi connectivity index (χ2v) is 7.61. The van der Waals surface area contributed by atoms with E-state index >= 15 is 0 Å². The first kappa shape index (κ1) is 16.8. The minimum absolute atomic E-state index is 0.0555. The summed E-state index contributed by atoms with van der Waals surface area (Å²) in [5.74, 6) is 0.700. The molecule has 1 aliphatic heterocycles. The molecule has 0 radical (unpaired) electrons. The molecule has 0 bridgehead atoms. The lowest BCUT2D eigenvalue weighted by Gasteiger charge is -2.24. The summed E-state index contributed by atoms with van der Waals surface area (Å²) >= 11 is 4.99. The zero-order valence-electron chi connectivity index (χ0n) is 12.3. The van der Waals surface area contributed by atoms with Gasteiger partial charge in [0.05, 0.1) is 5.25 Å². The lowest BCUT2D eigenvalue weighted by Crippen LogP contribution is -2.37. The van der Waals surface area contributed by atoms with Gasteiger partial charge in [0.25, 0.3) is 0 Å². The average molecular weight is 374 g/mol. The molecule has 0 N–H and O–H groups in total. The number of amides is 1. The number of benzene rings is 1. The van der Waals surface area contributed by atoms with Crippen LogP contribution in [-0.2, 0) is 10.5 Å². The predicted octanol–water partition coefficient (Wildman–Crippen LogP) is 4.61. The molecule has 0 saturated carbocycles. The SMILES string of the molecule is CC(SCc1ccc(F)cc1Br)C(=O)N1CCCCCC1. The Morgan fingerprint density at radius 3 is 2.62 bits per heavy atom. The molecule has 1 unspecified atom stereocenters. The van der Waals surface area contributed by atoms with E-state index in [4.69, 9.17) is 0 Å². The molecule has 1 heterocycles. The summed E-state index contributed by atoms with van der Waals surface area (Å²) in [4.78, 5) is 14.4. The zero-order valence-corrected chi connectivity index (χ0v) is 14.7. The summed E-state index contributed by atoms with van der Waals surface area (Å²) < 4.78 is 13.8. The summed E-state index contributed by atoms with van der Waals surface area (Å²) in [6.07, 6.45) is 4.70. The van der Waals surface area contributed by atoms with Crippen LogP contribution in [-0.4, -0.2) is 29.1 Å². The van der Waals surface area contributed by atoms with Crippen molar-refractivity contribution in [3.8, 4) is 0 Å². The number of hydrogen-bond donors (Lipinski definition) is 0. The van der Waals surface area contributed by atoms with E-state index in [1.807, 2.05) is 11.8 Å². The van der Waals surface area contributed by atoms with Crippen molar-refractivity contribution in [1.29, 1.82) is 0 Å². The van der Waals surface area contributed by atoms with Crippen LogP contribution in [0.15, 0.2) is 22.7 Å². The van der Waals surface area contributed by atoms with Gasteiger partial charge in [-0.15, -0.1) is 11.8 Å². The van der Waals surface area contributed by atoms with Crippen molar-refractivity contribution in [2.24, 2.45) is 0 Å². The topological polar surface area (TPSA) is 20.3 Å². The number of carbonyl (C=O) groups excluding carboxylic acids is 1. The van der Waals surface area contributed by atoms with Crippen molar-refractivity contribution in [2.45, 2.75) is 43.6 Å². The van der Waals surface area contributed by atoms with Gasteiger partial charge in [-0.2, -0.15) is 0 Å². The lowest BCUT2D eigenvalue weighted by atomic mass is 10.2. The second-order valence-electron chi connectivity index (χ2n) is 5.43. The first-order valence-electron chi connectivity index (χ1n) is 7.42. The number of nitrogens with zero attached hydrogens (tertiary/aromatic N) is 1. The molecule has 1 aromatic rings. The first-order chi connectivity index (χ1) is 10.1. The number of hydrogen-bond acceptors (Lipinski definition) is 2. The highest BCUT2D eigenvalue weighted by Gasteiger charge is 2.21. The standard InChI is InChI=1S/C16H21BrFNOS/c1-12(16(20)19-8-4-2-3-5-9-19)21-11-13-6-7-14(18)10-15(13)17/h6-7,10,12H,2-5,8-9,11H2,1H3. The van der Waals surface area contributed by atoms with Crippen molar-refractivity contribution in [3.05, 3.63) is 34.1 Å². The van der Waals surface area contributed by atoms with Crippen LogP contribution >= 0.6 is 27.7 Å². The fourth-order valence-electron chi connectivity index (χ4n) is 2.47. The molecular weight excluding hydrogens is 353 g/mol. The molecule has 1 fully saturated rings. The Kier molecular flexibility index (Phi) is 6.55. The molecule has 5 heteroatoms. The van der Waals surface area contributed by atoms with E-state index in [-0.39, 0.29) is 17.0 Å². The Bertz CT molecular complexity index is 489. The summed E-state index contributed by atoms with van der Waals surface area (Å²) in [6.45, 7) is 3.75. The molecule has 1 amide bonds. The Labute approximate surface area is 138 Å². The maximum Gasteiger partial charge on any atom is 0.235 e. The normalized spacial score (nSPS) is 17.4. The van der Waals surface area contributed by atoms with Crippen molar-refractivity contribution in [2.75, 3.05) is 13.1 Å². The van der Waals surface area contributed by atoms with Gasteiger partial charge in [-0.25, -0.2) is 4.39 Å². The fraction of sp³-hybridized carbons (Fsp3) is 0.562. The molecule has 0 spiro atoms. The van der Waals surface area contributed by atoms with Crippen LogP contribution in [0.2, 0.25) is 0 Å². The van der Waals surface area contributed by atoms with Gasteiger partial charge >= 0.3 is 0 Å². The van der Waals surface area contributed by atoms with Gasteiger partial charge in [0.1, 0.15) is 5.82 Å². The van der Waals surface area contributed by atoms with Crippen LogP contribution in [0.25, 0.3) is 0 Å². The summed E-state index contributed by atoms with van der Waals surface area (Å²) in [6, 6.07) is 4.70. The van der Waals surface area contributed by atoms with Gasteiger partial charge in [-0.05, 0) is 37.5 Å². The monoisotopic (exact) mass is 373 g/mol. The Morgan fingerprint density at radius 1 is 1.33 bits per heavy atom. The van der Waals surface area contributed by atoms with Gasteiger partial charge < -0.3 is 4.90 Å². The highest BCUT2D eigenvalue weighted by atomic mass is 79.9. The molecule has 2 rings (SSSR count). The Morgan fingerprint density at radius 2 is 2.00 bits per heavy atom. The van der Waals surface area contributed by atoms with Crippen LogP contribution in [0.4, 0.5) is 4.39 Å². The van der Waals surface area contributed by atoms with E-state index < -0.39 is 0 Å². The highest BCUT2D eigenvalue weighted by molar-refractivity contribution is 9.10. The Hall–Kier alpha value is -0.550. The van der Waals surface area contributed by atoms with E-state index in [0.29, 0.717) is 5.75 Å². The van der Waals surface area contributed by atoms with Crippen LogP contribution in [0.3, 0.4) is 0 Å². The maximum atomic E-state index is 13.1. The van der Waals surface area contributed by atoms with E-state index in [1.165, 1.54) is 25.0 Å². The molecule has 21 heavy (non-hydrogen) atoms. The molecule has 1 aromatic carbocycles. The number of halogens is 2. The van der Waals surface area contributed by atoms with Gasteiger partial charge in [-0.3, -0.25) is 4.79 Å². The van der Waals surface area contributed by atoms with Gasteiger partial charge in [0, 0.05) is 23.3 Å². The summed E-state index contributed by atoms with van der Waals surface area (Å²) in [5, 5.41) is -0.0555. The second kappa shape index (κ2) is 8.18. The molecule has 0 aromatic heterocycles. The number of carbonyl (C=O) groups is 1. The zero-order chi connectivity index (χ0) is 15.2. The lowest BCUT2D eigenvalue weighted by molar-refractivity contribution is -0.130. The third-order valence-electron chi connectivity index (χ3n) is 3.77. The quantitative estimate of drug-likeness (QED) is 0.767. The fourth-order valence-corrected chi connectivity index (χ4v) is 4.12. The molecule has 1 saturated heterocycles. The molecule has 116 valence electrons. The van der Waals surface area contributed by atoms with Crippen LogP contribution < -0.4 is 0 Å². The van der Waals surface area contributed by atoms with Crippen molar-refractivity contribution in [1.82, 2.24) is 4.90 Å². The first-order valence-corrected chi connectivity index (χ1v) is 9.26. The van der Waals surface area contributed by atoms with E-state index in [2.05, 4.69) is 15.9 Å². The minimum atomic E-state index is -0.246. The van der Waals surface area contributed by atoms with Crippen LogP contribution in [0.1, 0.15) is 38.2 Å². The van der Waals surface area contributed by atoms with Crippen LogP contribution in [0.5, 0.6) is 0 Å². The third kappa shape index (κ3) is 4.99. The number of thioether (sulfide) groups is 1. The van der Waals surface area contributed by atoms with Crippen LogP contribution in [0, 0.1) is 5.82 Å². The third-order valence-corrected chi connectivity index (χ3v) is 5.69. The average Bonchev–Trinajstić information content (AvgIpc) is 2.74. The molecule has 0 aliphatic carbocycles. The largest absolute Gasteiger partial charge is 0.342 e. The minimum Gasteiger partial charge on any atom is -0.342 e. The van der Waals surface area contributed by atoms with Crippen molar-refractivity contribution >= 4 is 33.6 Å². The maximum absolute atomic E-state index is 13.1.